The third kappa shape index (κ3) is 3.90. The van der Waals surface area contributed by atoms with E-state index in [1.165, 1.54) is 11.1 Å². The zero-order valence-corrected chi connectivity index (χ0v) is 8.82. The number of nitrogens with zero attached hydrogens (tertiary/aromatic N) is 1. The van der Waals surface area contributed by atoms with Crippen LogP contribution in [0.2, 0.25) is 0 Å². The van der Waals surface area contributed by atoms with E-state index < -0.39 is 41.5 Å². The second-order valence-corrected chi connectivity index (χ2v) is 3.23. The predicted molar refractivity (Wildman–Crippen MR) is 48.1 cm³/mol. The second-order valence-electron chi connectivity index (χ2n) is 3.23. The van der Waals surface area contributed by atoms with Gasteiger partial charge in [0.1, 0.15) is 5.69 Å². The average Bonchev–Trinajstić information content (AvgIpc) is 2.17. The fourth-order valence-corrected chi connectivity index (χ4v) is 1.24. The Bertz CT molecular complexity index is 566. The molecular weight excluding hydrogens is 282 g/mol. The Hall–Kier alpha value is -2.18. The van der Waals surface area contributed by atoms with E-state index in [1.807, 2.05) is 0 Å². The second kappa shape index (κ2) is 4.83. The van der Waals surface area contributed by atoms with Crippen LogP contribution in [0.1, 0.15) is 11.3 Å². The molecule has 0 aromatic carbocycles. The van der Waals surface area contributed by atoms with Crippen molar-refractivity contribution in [3.05, 3.63) is 27.5 Å². The van der Waals surface area contributed by atoms with E-state index in [2.05, 4.69) is 4.74 Å². The highest BCUT2D eigenvalue weighted by molar-refractivity contribution is 5.30. The summed E-state index contributed by atoms with van der Waals surface area (Å²) in [6.07, 6.45) is -11.3. The van der Waals surface area contributed by atoms with Gasteiger partial charge in [0.2, 0.25) is 5.88 Å². The summed E-state index contributed by atoms with van der Waals surface area (Å²) in [5.74, 6) is -1.40. The largest absolute Gasteiger partial charge is 0.574 e. The summed E-state index contributed by atoms with van der Waals surface area (Å²) in [5, 5.41) is 8.31. The molecule has 0 radical (unpaired) electrons. The van der Waals surface area contributed by atoms with Crippen LogP contribution in [-0.2, 0) is 12.6 Å². The molecule has 19 heavy (non-hydrogen) atoms. The molecule has 0 amide bonds. The number of ether oxygens (including phenoxy) is 1. The van der Waals surface area contributed by atoms with E-state index in [-0.39, 0.29) is 6.07 Å². The Morgan fingerprint density at radius 3 is 2.26 bits per heavy atom. The van der Waals surface area contributed by atoms with E-state index in [1.54, 1.807) is 0 Å². The van der Waals surface area contributed by atoms with Crippen LogP contribution in [0.3, 0.4) is 0 Å². The Morgan fingerprint density at radius 2 is 1.84 bits per heavy atom. The van der Waals surface area contributed by atoms with E-state index >= 15 is 0 Å². The third-order valence-corrected chi connectivity index (χ3v) is 1.87. The van der Waals surface area contributed by atoms with Gasteiger partial charge >= 0.3 is 12.5 Å². The lowest BCUT2D eigenvalue weighted by Gasteiger charge is -2.14. The van der Waals surface area contributed by atoms with Gasteiger partial charge in [0.15, 0.2) is 5.43 Å². The maximum absolute atomic E-state index is 12.5. The molecule has 10 heteroatoms. The van der Waals surface area contributed by atoms with E-state index in [0.29, 0.717) is 0 Å². The predicted octanol–water partition coefficient (Wildman–Crippen LogP) is 2.36. The van der Waals surface area contributed by atoms with Gasteiger partial charge in [-0.05, 0) is 0 Å². The number of alkyl halides is 6. The van der Waals surface area contributed by atoms with Crippen molar-refractivity contribution >= 4 is 0 Å². The first-order valence-electron chi connectivity index (χ1n) is 4.50. The van der Waals surface area contributed by atoms with Crippen LogP contribution in [0, 0.1) is 11.3 Å². The molecule has 0 spiro atoms. The lowest BCUT2D eigenvalue weighted by molar-refractivity contribution is -0.276. The first-order valence-corrected chi connectivity index (χ1v) is 4.50. The number of pyridine rings is 1. The molecule has 0 fully saturated rings. The molecule has 4 nitrogen and oxygen atoms in total. The Kier molecular flexibility index (Phi) is 3.78. The number of nitrogens with one attached hydrogen (secondary N) is 1. The maximum Gasteiger partial charge on any atom is 0.574 e. The van der Waals surface area contributed by atoms with Crippen molar-refractivity contribution in [2.45, 2.75) is 19.0 Å². The van der Waals surface area contributed by atoms with E-state index in [0.717, 1.165) is 0 Å². The monoisotopic (exact) mass is 286 g/mol. The minimum Gasteiger partial charge on any atom is -0.390 e. The third-order valence-electron chi connectivity index (χ3n) is 1.87. The highest BCUT2D eigenvalue weighted by Gasteiger charge is 2.38. The van der Waals surface area contributed by atoms with E-state index in [9.17, 15) is 31.1 Å². The molecule has 0 aliphatic rings. The molecule has 0 aliphatic heterocycles. The number of hydrogen-bond donors (Lipinski definition) is 1. The molecule has 0 unspecified atom stereocenters. The van der Waals surface area contributed by atoms with Crippen molar-refractivity contribution in [3.63, 3.8) is 0 Å². The van der Waals surface area contributed by atoms with Crippen LogP contribution in [0.4, 0.5) is 26.3 Å². The number of rotatable bonds is 2. The van der Waals surface area contributed by atoms with Crippen LogP contribution < -0.4 is 10.2 Å². The van der Waals surface area contributed by atoms with Gasteiger partial charge < -0.3 is 9.72 Å². The van der Waals surface area contributed by atoms with Gasteiger partial charge in [-0.15, -0.1) is 13.2 Å². The molecule has 1 heterocycles. The maximum atomic E-state index is 12.5. The Morgan fingerprint density at radius 1 is 1.26 bits per heavy atom. The number of hydrogen-bond acceptors (Lipinski definition) is 3. The van der Waals surface area contributed by atoms with Gasteiger partial charge in [0.25, 0.3) is 0 Å². The average molecular weight is 286 g/mol. The van der Waals surface area contributed by atoms with E-state index in [4.69, 9.17) is 5.26 Å². The minimum absolute atomic E-state index is 0.204. The number of H-pyrrole nitrogens is 1. The Balaban J connectivity index is 3.41. The summed E-state index contributed by atoms with van der Waals surface area (Å²) >= 11 is 0. The van der Waals surface area contributed by atoms with Crippen LogP contribution in [0.25, 0.3) is 0 Å². The zero-order chi connectivity index (χ0) is 14.8. The Labute approximate surface area is 101 Å². The highest BCUT2D eigenvalue weighted by Crippen LogP contribution is 2.31. The highest BCUT2D eigenvalue weighted by atomic mass is 19.4. The lowest BCUT2D eigenvalue weighted by Crippen LogP contribution is -2.24. The van der Waals surface area contributed by atoms with Crippen molar-refractivity contribution in [2.75, 3.05) is 0 Å². The molecule has 1 N–H and O–H groups in total. The summed E-state index contributed by atoms with van der Waals surface area (Å²) in [6, 6.07) is 1.53. The molecule has 0 saturated heterocycles. The van der Waals surface area contributed by atoms with Crippen LogP contribution in [0.5, 0.6) is 5.88 Å². The normalized spacial score (nSPS) is 12.1. The SMILES string of the molecule is N#CCc1c(C(F)(F)F)[nH]c(OC(F)(F)F)cc1=O. The fraction of sp³-hybridized carbons (Fsp3) is 0.333. The summed E-state index contributed by atoms with van der Waals surface area (Å²) in [5.41, 5.74) is -4.07. The fourth-order valence-electron chi connectivity index (χ4n) is 1.24. The van der Waals surface area contributed by atoms with Gasteiger partial charge in [0.05, 0.1) is 12.5 Å². The van der Waals surface area contributed by atoms with Crippen molar-refractivity contribution in [2.24, 2.45) is 0 Å². The molecule has 1 rings (SSSR count). The van der Waals surface area contributed by atoms with Gasteiger partial charge in [-0.1, -0.05) is 0 Å². The standard InChI is InChI=1S/C9H4F6N2O2/c10-8(11,12)7-4(1-2-16)5(18)3-6(17-7)19-9(13,14)15/h3H,1H2,(H,17,18). The van der Waals surface area contributed by atoms with Crippen LogP contribution in [0.15, 0.2) is 10.9 Å². The molecule has 1 aromatic rings. The number of nitriles is 1. The molecular formula is C9H4F6N2O2. The summed E-state index contributed by atoms with van der Waals surface area (Å²) in [4.78, 5) is 12.6. The minimum atomic E-state index is -5.25. The zero-order valence-electron chi connectivity index (χ0n) is 8.82. The quantitative estimate of drug-likeness (QED) is 0.849. The van der Waals surface area contributed by atoms with Gasteiger partial charge in [0, 0.05) is 11.6 Å². The number of aromatic amines is 1. The van der Waals surface area contributed by atoms with Gasteiger partial charge in [-0.3, -0.25) is 4.79 Å². The van der Waals surface area contributed by atoms with Crippen LogP contribution in [-0.4, -0.2) is 11.3 Å². The summed E-state index contributed by atoms with van der Waals surface area (Å²) < 4.78 is 76.5. The molecule has 0 saturated carbocycles. The lowest BCUT2D eigenvalue weighted by atomic mass is 10.1. The first kappa shape index (κ1) is 14.9. The number of aromatic nitrogens is 1. The molecule has 0 aliphatic carbocycles. The van der Waals surface area contributed by atoms with Crippen molar-refractivity contribution in [3.8, 4) is 11.9 Å². The van der Waals surface area contributed by atoms with Crippen LogP contribution >= 0.6 is 0 Å². The smallest absolute Gasteiger partial charge is 0.390 e. The van der Waals surface area contributed by atoms with Crippen molar-refractivity contribution < 1.29 is 31.1 Å². The first-order chi connectivity index (χ1) is 8.54. The summed E-state index contributed by atoms with van der Waals surface area (Å²) in [6.45, 7) is 0. The van der Waals surface area contributed by atoms with Crippen molar-refractivity contribution in [1.29, 1.82) is 5.26 Å². The van der Waals surface area contributed by atoms with Gasteiger partial charge in [-0.2, -0.15) is 18.4 Å². The number of halogens is 6. The molecule has 0 bridgehead atoms. The topological polar surface area (TPSA) is 65.9 Å². The van der Waals surface area contributed by atoms with Crippen molar-refractivity contribution in [1.82, 2.24) is 4.98 Å². The molecule has 104 valence electrons. The summed E-state index contributed by atoms with van der Waals surface area (Å²) in [7, 11) is 0. The molecule has 0 atom stereocenters. The van der Waals surface area contributed by atoms with Gasteiger partial charge in [-0.25, -0.2) is 0 Å². The molecule has 1 aromatic heterocycles.